The number of nitrogens with one attached hydrogen (secondary N) is 2. The Morgan fingerprint density at radius 2 is 0.748 bits per heavy atom. The molecule has 0 aromatic heterocycles. The summed E-state index contributed by atoms with van der Waals surface area (Å²) in [5.41, 5.74) is -17.9. The zero-order chi connectivity index (χ0) is 97.6. The summed E-state index contributed by atoms with van der Waals surface area (Å²) in [5, 5.41) is 59.3. The molecule has 5 unspecified atom stereocenters. The third-order valence-electron chi connectivity index (χ3n) is 28.5. The van der Waals surface area contributed by atoms with Gasteiger partial charge in [0.15, 0.2) is 35.0 Å². The van der Waals surface area contributed by atoms with E-state index in [0.29, 0.717) is 0 Å². The summed E-state index contributed by atoms with van der Waals surface area (Å²) in [5.74, 6) is -16.1. The van der Waals surface area contributed by atoms with E-state index in [9.17, 15) is 68.4 Å². The highest BCUT2D eigenvalue weighted by atomic mass is 16.8. The Labute approximate surface area is 776 Å². The molecule has 34 nitrogen and oxygen atoms in total. The van der Waals surface area contributed by atoms with Gasteiger partial charge in [-0.25, -0.2) is 28.8 Å². The normalized spacial score (nSPS) is 30.3. The number of carbonyl (C=O) groups is 14. The molecular formula is C101H108N2O32. The van der Waals surface area contributed by atoms with Crippen molar-refractivity contribution in [2.45, 2.75) is 223 Å². The van der Waals surface area contributed by atoms with E-state index >= 15 is 19.2 Å². The highest BCUT2D eigenvalue weighted by molar-refractivity contribution is 5.99. The van der Waals surface area contributed by atoms with Gasteiger partial charge in [0.25, 0.3) is 11.8 Å². The molecule has 8 aliphatic rings. The highest BCUT2D eigenvalue weighted by Crippen LogP contribution is 2.67. The fourth-order valence-electron chi connectivity index (χ4n) is 21.4. The maximum absolute atomic E-state index is 16.2. The monoisotopic (exact) mass is 1860 g/mol. The van der Waals surface area contributed by atoms with Crippen molar-refractivity contribution in [3.63, 3.8) is 0 Å². The average molecular weight is 1860 g/mol. The SMILES string of the molecule is CC=C(COC(=O)OC(C(=O)OC1C[C@@]2(O)[C@@H](OC(=O)c3ccccc3)[C@@H]3[C@]4(OC(C)=O)CO[C@@H]4C[C@H](O)[C@@]3(C)C(=O)[C@H](OC(C)=O)C(=C1C)C2(C)C)[C@@H](NC(=O)c1ccccc1)c1ccccc1)COC(=O)OC(C(=O)OC1C[C@@]2(O)[C@@H](OC(=O)c3ccccc3)[C@H]3[C@](C)(C(=O)[C@H](OC(C)=O)C(=C1C)C2(C)C)[C@@H](O)CC1OC[C@]13OC(C)=O)[C@@H](NC(=O)c1ccccc1)c1ccccc1. The smallest absolute Gasteiger partial charge is 0.455 e. The highest BCUT2D eigenvalue weighted by Gasteiger charge is 2.81. The lowest BCUT2D eigenvalue weighted by Gasteiger charge is -2.67. The van der Waals surface area contributed by atoms with Crippen LogP contribution in [0.5, 0.6) is 0 Å². The van der Waals surface area contributed by atoms with E-state index in [1.165, 1.54) is 165 Å². The van der Waals surface area contributed by atoms with Crippen molar-refractivity contribution in [3.8, 4) is 0 Å². The number of benzene rings is 6. The van der Waals surface area contributed by atoms with Crippen LogP contribution in [0.2, 0.25) is 0 Å². The van der Waals surface area contributed by atoms with Gasteiger partial charge in [-0.2, -0.15) is 0 Å². The summed E-state index contributed by atoms with van der Waals surface area (Å²) < 4.78 is 86.2. The Morgan fingerprint density at radius 3 is 1.04 bits per heavy atom. The van der Waals surface area contributed by atoms with Gasteiger partial charge >= 0.3 is 60.1 Å². The third kappa shape index (κ3) is 17.9. The van der Waals surface area contributed by atoms with Gasteiger partial charge in [0, 0.05) is 80.9 Å². The molecule has 14 rings (SSSR count). The van der Waals surface area contributed by atoms with E-state index < -0.39 is 264 Å². The summed E-state index contributed by atoms with van der Waals surface area (Å²) in [7, 11) is 0. The molecule has 6 N–H and O–H groups in total. The second-order valence-electron chi connectivity index (χ2n) is 36.9. The van der Waals surface area contributed by atoms with Crippen LogP contribution in [-0.4, -0.2) is 226 Å². The number of ether oxygens (including phenoxy) is 14. The fraction of sp³-hybridized carbons (Fsp3) is 0.446. The maximum Gasteiger partial charge on any atom is 0.509 e. The molecule has 34 heteroatoms. The van der Waals surface area contributed by atoms with Gasteiger partial charge in [0.2, 0.25) is 12.2 Å². The number of Topliss-reactive ketones (excluding diaryl/α,β-unsaturated/α-hetero) is 2. The van der Waals surface area contributed by atoms with Gasteiger partial charge in [0.1, 0.15) is 73.1 Å². The number of hydrogen-bond donors (Lipinski definition) is 6. The van der Waals surface area contributed by atoms with E-state index in [-0.39, 0.29) is 74.1 Å². The fourth-order valence-corrected chi connectivity index (χ4v) is 21.4. The van der Waals surface area contributed by atoms with Crippen LogP contribution in [0, 0.1) is 33.5 Å². The number of fused-ring (bicyclic) bond motifs is 10. The summed E-state index contributed by atoms with van der Waals surface area (Å²) >= 11 is 0. The van der Waals surface area contributed by atoms with Crippen LogP contribution in [0.3, 0.4) is 0 Å². The molecule has 2 heterocycles. The molecule has 6 aromatic rings. The van der Waals surface area contributed by atoms with E-state index in [2.05, 4.69) is 10.6 Å². The molecule has 6 aromatic carbocycles. The lowest BCUT2D eigenvalue weighted by atomic mass is 9.44. The minimum atomic E-state index is -2.67. The van der Waals surface area contributed by atoms with Crippen LogP contribution >= 0.6 is 0 Å². The van der Waals surface area contributed by atoms with Crippen molar-refractivity contribution in [2.24, 2.45) is 33.5 Å². The van der Waals surface area contributed by atoms with Gasteiger partial charge in [-0.3, -0.25) is 38.4 Å². The predicted molar refractivity (Wildman–Crippen MR) is 470 cm³/mol. The zero-order valence-electron chi connectivity index (χ0n) is 76.5. The van der Waals surface area contributed by atoms with Crippen LogP contribution in [0.25, 0.3) is 0 Å². The number of rotatable bonds is 26. The molecule has 4 saturated carbocycles. The largest absolute Gasteiger partial charge is 0.509 e. The molecule has 2 saturated heterocycles. The van der Waals surface area contributed by atoms with Crippen LogP contribution < -0.4 is 10.6 Å². The summed E-state index contributed by atoms with van der Waals surface area (Å²) in [6, 6.07) is 42.2. The second-order valence-corrected chi connectivity index (χ2v) is 36.9. The molecule has 0 radical (unpaired) electrons. The van der Waals surface area contributed by atoms with E-state index in [1.54, 1.807) is 84.9 Å². The molecule has 135 heavy (non-hydrogen) atoms. The van der Waals surface area contributed by atoms with Crippen LogP contribution in [-0.2, 0) is 105 Å². The standard InChI is InChI=1S/C101H108N2O32/c1-14-59(49-122-92(118)130-78(74(60-33-21-15-22-34-60)102-86(112)62-37-25-17-26-38-62)90(116)128-66-47-100(120)84(132-88(114)64-41-29-19-30-42-64)80-96(12,68(108)45-70-98(80,51-124-70)134-57(6)106)82(110)76(126-55(4)104)72(53(66)2)94(100,8)9)50-123-93(119)131-79(75(61-35-23-16-24-36-61)103-87(113)63-39-27-18-28-40-63)91(117)129-67-48-101(121)85(133-89(115)65-43-31-20-32-44-65)81-97(13,69(109)46-71-99(81,52-125-71)135-58(7)107)83(111)77(127-56(5)105)73(54(67)3)95(101,10)11/h14-44,66-71,74-81,84-85,108-109,120-121H,45-52H2,1-13H3,(H,102,112)(H,103,113)/t66?,67?,68-,69-,70+,71?,74-,75-,76+,77+,78?,79?,80-,81-,84-,85-,96+,97+,98-,99-,100+,101+/m0/s1. The minimum Gasteiger partial charge on any atom is -0.455 e. The van der Waals surface area contributed by atoms with Crippen molar-refractivity contribution in [3.05, 3.63) is 249 Å². The minimum absolute atomic E-state index is 0.0353. The van der Waals surface area contributed by atoms with Crippen LogP contribution in [0.4, 0.5) is 9.59 Å². The molecule has 4 bridgehead atoms. The first-order chi connectivity index (χ1) is 63.9. The Morgan fingerprint density at radius 1 is 0.437 bits per heavy atom. The predicted octanol–water partition coefficient (Wildman–Crippen LogP) is 9.75. The van der Waals surface area contributed by atoms with E-state index in [4.69, 9.17) is 66.3 Å². The molecular weight excluding hydrogens is 1750 g/mol. The summed E-state index contributed by atoms with van der Waals surface area (Å²) in [6.07, 6.45) is -26.7. The van der Waals surface area contributed by atoms with Crippen LogP contribution in [0.1, 0.15) is 180 Å². The van der Waals surface area contributed by atoms with Crippen molar-refractivity contribution < 1.29 is 154 Å². The van der Waals surface area contributed by atoms with Crippen LogP contribution in [0.15, 0.2) is 216 Å². The van der Waals surface area contributed by atoms with Gasteiger partial charge < -0.3 is 97.4 Å². The summed E-state index contributed by atoms with van der Waals surface area (Å²) in [6.45, 7) is 14.4. The second kappa shape index (κ2) is 38.3. The van der Waals surface area contributed by atoms with Crippen molar-refractivity contribution >= 4 is 83.4 Å². The Hall–Kier alpha value is -13.1. The zero-order valence-corrected chi connectivity index (χ0v) is 76.5. The van der Waals surface area contributed by atoms with Gasteiger partial charge in [-0.15, -0.1) is 0 Å². The van der Waals surface area contributed by atoms with Gasteiger partial charge in [-0.05, 0) is 117 Å². The van der Waals surface area contributed by atoms with Gasteiger partial charge in [0.05, 0.1) is 59.2 Å². The number of aliphatic hydroxyl groups excluding tert-OH is 2. The quantitative estimate of drug-likeness (QED) is 0.0167. The number of hydrogen-bond acceptors (Lipinski definition) is 32. The molecule has 22 atom stereocenters. The first kappa shape index (κ1) is 97.9. The number of carbonyl (C=O) groups excluding carboxylic acids is 14. The number of allylic oxidation sites excluding steroid dienone is 1. The third-order valence-corrected chi connectivity index (χ3v) is 28.5. The molecule has 0 spiro atoms. The van der Waals surface area contributed by atoms with E-state index in [1.807, 2.05) is 0 Å². The average Bonchev–Trinajstić information content (AvgIpc) is 0.670. The lowest BCUT2D eigenvalue weighted by Crippen LogP contribution is -2.82. The Bertz CT molecular complexity index is 5370. The number of aliphatic hydroxyl groups is 4. The first-order valence-electron chi connectivity index (χ1n) is 44.3. The van der Waals surface area contributed by atoms with Crippen molar-refractivity contribution in [1.82, 2.24) is 10.6 Å². The molecule has 714 valence electrons. The van der Waals surface area contributed by atoms with Crippen molar-refractivity contribution in [2.75, 3.05) is 26.4 Å². The van der Waals surface area contributed by atoms with Crippen molar-refractivity contribution in [1.29, 1.82) is 0 Å². The topological polar surface area (TPSA) is 473 Å². The number of esters is 8. The molecule has 6 fully saturated rings. The Kier molecular flexibility index (Phi) is 27.8. The Balaban J connectivity index is 0.793. The number of amides is 2. The van der Waals surface area contributed by atoms with Gasteiger partial charge in [-0.1, -0.05) is 167 Å². The molecule has 2 amide bonds. The molecule has 2 aliphatic heterocycles. The van der Waals surface area contributed by atoms with E-state index in [0.717, 1.165) is 27.7 Å². The first-order valence-corrected chi connectivity index (χ1v) is 44.3. The summed E-state index contributed by atoms with van der Waals surface area (Å²) in [4.78, 5) is 208. The number of ketones is 2. The lowest BCUT2D eigenvalue weighted by molar-refractivity contribution is -0.346. The molecule has 6 aliphatic carbocycles. The maximum atomic E-state index is 16.2.